The summed E-state index contributed by atoms with van der Waals surface area (Å²) in [5.41, 5.74) is 3.10. The van der Waals surface area contributed by atoms with Crippen LogP contribution in [0.2, 0.25) is 0 Å². The van der Waals surface area contributed by atoms with E-state index in [-0.39, 0.29) is 6.61 Å². The van der Waals surface area contributed by atoms with Gasteiger partial charge in [0.2, 0.25) is 0 Å². The van der Waals surface area contributed by atoms with Crippen LogP contribution in [0.25, 0.3) is 11.4 Å². The molecule has 0 aliphatic heterocycles. The molecule has 1 N–H and O–H groups in total. The second kappa shape index (κ2) is 11.3. The SMILES string of the molecule is C=CCOCC=C.CCc1ccc(CO)cc1-c1ncccn1. The number of hydrogen-bond acceptors (Lipinski definition) is 4. The van der Waals surface area contributed by atoms with E-state index in [0.717, 1.165) is 23.4 Å². The van der Waals surface area contributed by atoms with Gasteiger partial charge in [0, 0.05) is 18.0 Å². The van der Waals surface area contributed by atoms with Gasteiger partial charge in [0.05, 0.1) is 19.8 Å². The van der Waals surface area contributed by atoms with Gasteiger partial charge in [-0.25, -0.2) is 9.97 Å². The summed E-state index contributed by atoms with van der Waals surface area (Å²) < 4.78 is 4.90. The lowest BCUT2D eigenvalue weighted by atomic mass is 10.0. The first-order valence-corrected chi connectivity index (χ1v) is 7.56. The highest BCUT2D eigenvalue weighted by Crippen LogP contribution is 2.22. The number of aromatic nitrogens is 2. The van der Waals surface area contributed by atoms with Crippen LogP contribution in [-0.2, 0) is 17.8 Å². The quantitative estimate of drug-likeness (QED) is 0.627. The summed E-state index contributed by atoms with van der Waals surface area (Å²) in [6.07, 6.45) is 7.81. The summed E-state index contributed by atoms with van der Waals surface area (Å²) in [6.45, 7) is 10.3. The Bertz CT molecular complexity index is 590. The van der Waals surface area contributed by atoms with E-state index in [1.54, 1.807) is 30.6 Å². The van der Waals surface area contributed by atoms with Gasteiger partial charge in [-0.15, -0.1) is 13.2 Å². The molecule has 4 nitrogen and oxygen atoms in total. The molecule has 0 fully saturated rings. The van der Waals surface area contributed by atoms with Crippen LogP contribution in [0.1, 0.15) is 18.1 Å². The van der Waals surface area contributed by atoms with Gasteiger partial charge in [0.1, 0.15) is 0 Å². The number of aliphatic hydroxyl groups is 1. The van der Waals surface area contributed by atoms with Gasteiger partial charge in [0.25, 0.3) is 0 Å². The highest BCUT2D eigenvalue weighted by Gasteiger charge is 2.06. The molecule has 4 heteroatoms. The van der Waals surface area contributed by atoms with Crippen molar-refractivity contribution in [2.24, 2.45) is 0 Å². The monoisotopic (exact) mass is 312 g/mol. The summed E-state index contributed by atoms with van der Waals surface area (Å²) in [5.74, 6) is 0.717. The molecule has 0 saturated carbocycles. The molecule has 0 amide bonds. The third-order valence-corrected chi connectivity index (χ3v) is 3.02. The Morgan fingerprint density at radius 3 is 2.30 bits per heavy atom. The lowest BCUT2D eigenvalue weighted by Gasteiger charge is -2.08. The molecular formula is C19H24N2O2. The summed E-state index contributed by atoms with van der Waals surface area (Å²) in [4.78, 5) is 8.48. The minimum atomic E-state index is 0.0455. The first kappa shape index (κ1) is 18.7. The van der Waals surface area contributed by atoms with Crippen molar-refractivity contribution in [2.75, 3.05) is 13.2 Å². The van der Waals surface area contributed by atoms with Gasteiger partial charge in [-0.3, -0.25) is 0 Å². The minimum absolute atomic E-state index is 0.0455. The fraction of sp³-hybridized carbons (Fsp3) is 0.263. The van der Waals surface area contributed by atoms with E-state index in [2.05, 4.69) is 30.0 Å². The van der Waals surface area contributed by atoms with Crippen LogP contribution < -0.4 is 0 Å². The molecule has 1 aromatic carbocycles. The Balaban J connectivity index is 0.000000322. The van der Waals surface area contributed by atoms with Crippen LogP contribution in [0, 0.1) is 0 Å². The lowest BCUT2D eigenvalue weighted by Crippen LogP contribution is -1.95. The molecule has 0 unspecified atom stereocenters. The molecule has 0 saturated heterocycles. The Hall–Kier alpha value is -2.30. The van der Waals surface area contributed by atoms with E-state index in [0.29, 0.717) is 13.2 Å². The first-order valence-electron chi connectivity index (χ1n) is 7.56. The van der Waals surface area contributed by atoms with E-state index < -0.39 is 0 Å². The number of nitrogens with zero attached hydrogens (tertiary/aromatic N) is 2. The molecule has 122 valence electrons. The van der Waals surface area contributed by atoms with Crippen molar-refractivity contribution in [3.05, 3.63) is 73.1 Å². The Morgan fingerprint density at radius 1 is 1.13 bits per heavy atom. The summed E-state index contributed by atoms with van der Waals surface area (Å²) in [6, 6.07) is 7.71. The van der Waals surface area contributed by atoms with Crippen molar-refractivity contribution >= 4 is 0 Å². The average molecular weight is 312 g/mol. The average Bonchev–Trinajstić information content (AvgIpc) is 2.63. The predicted octanol–water partition coefficient (Wildman–Crippen LogP) is 3.57. The third-order valence-electron chi connectivity index (χ3n) is 3.02. The van der Waals surface area contributed by atoms with Crippen LogP contribution in [0.15, 0.2) is 62.0 Å². The predicted molar refractivity (Wildman–Crippen MR) is 94.0 cm³/mol. The molecule has 23 heavy (non-hydrogen) atoms. The molecule has 0 spiro atoms. The van der Waals surface area contributed by atoms with E-state index in [9.17, 15) is 0 Å². The molecule has 2 rings (SSSR count). The zero-order valence-corrected chi connectivity index (χ0v) is 13.6. The van der Waals surface area contributed by atoms with Crippen molar-refractivity contribution in [3.8, 4) is 11.4 Å². The number of benzene rings is 1. The Labute approximate surface area is 138 Å². The minimum Gasteiger partial charge on any atom is -0.392 e. The highest BCUT2D eigenvalue weighted by molar-refractivity contribution is 5.61. The molecule has 0 aliphatic carbocycles. The van der Waals surface area contributed by atoms with E-state index >= 15 is 0 Å². The third kappa shape index (κ3) is 6.55. The maximum absolute atomic E-state index is 9.13. The van der Waals surface area contributed by atoms with Crippen molar-refractivity contribution in [2.45, 2.75) is 20.0 Å². The van der Waals surface area contributed by atoms with Crippen molar-refractivity contribution < 1.29 is 9.84 Å². The molecule has 0 bridgehead atoms. The van der Waals surface area contributed by atoms with Crippen LogP contribution in [0.3, 0.4) is 0 Å². The smallest absolute Gasteiger partial charge is 0.159 e. The number of hydrogen-bond donors (Lipinski definition) is 1. The highest BCUT2D eigenvalue weighted by atomic mass is 16.5. The van der Waals surface area contributed by atoms with Gasteiger partial charge in [-0.2, -0.15) is 0 Å². The van der Waals surface area contributed by atoms with E-state index in [4.69, 9.17) is 9.84 Å². The number of rotatable bonds is 7. The topological polar surface area (TPSA) is 55.2 Å². The van der Waals surface area contributed by atoms with Crippen LogP contribution in [-0.4, -0.2) is 28.3 Å². The fourth-order valence-corrected chi connectivity index (χ4v) is 1.91. The second-order valence-corrected chi connectivity index (χ2v) is 4.69. The number of aliphatic hydroxyl groups excluding tert-OH is 1. The summed E-state index contributed by atoms with van der Waals surface area (Å²) in [5, 5.41) is 9.13. The molecule has 0 aliphatic rings. The van der Waals surface area contributed by atoms with Crippen LogP contribution >= 0.6 is 0 Å². The van der Waals surface area contributed by atoms with Crippen molar-refractivity contribution in [1.29, 1.82) is 0 Å². The van der Waals surface area contributed by atoms with Crippen molar-refractivity contribution in [3.63, 3.8) is 0 Å². The Kier molecular flexibility index (Phi) is 9.20. The van der Waals surface area contributed by atoms with Gasteiger partial charge in [0.15, 0.2) is 5.82 Å². The number of ether oxygens (including phenoxy) is 1. The molecule has 1 aromatic heterocycles. The summed E-state index contributed by atoms with van der Waals surface area (Å²) in [7, 11) is 0. The van der Waals surface area contributed by atoms with Crippen LogP contribution in [0.4, 0.5) is 0 Å². The molecular weight excluding hydrogens is 288 g/mol. The first-order chi connectivity index (χ1) is 11.3. The van der Waals surface area contributed by atoms with Gasteiger partial charge >= 0.3 is 0 Å². The van der Waals surface area contributed by atoms with Gasteiger partial charge < -0.3 is 9.84 Å². The molecule has 0 radical (unpaired) electrons. The van der Waals surface area contributed by atoms with Crippen LogP contribution in [0.5, 0.6) is 0 Å². The second-order valence-electron chi connectivity index (χ2n) is 4.69. The fourth-order valence-electron chi connectivity index (χ4n) is 1.91. The van der Waals surface area contributed by atoms with Gasteiger partial charge in [-0.1, -0.05) is 31.2 Å². The van der Waals surface area contributed by atoms with Gasteiger partial charge in [-0.05, 0) is 29.7 Å². The maximum Gasteiger partial charge on any atom is 0.159 e. The van der Waals surface area contributed by atoms with Crippen molar-refractivity contribution in [1.82, 2.24) is 9.97 Å². The van der Waals surface area contributed by atoms with E-state index in [1.807, 2.05) is 18.2 Å². The summed E-state index contributed by atoms with van der Waals surface area (Å²) >= 11 is 0. The largest absolute Gasteiger partial charge is 0.392 e. The van der Waals surface area contributed by atoms with E-state index in [1.165, 1.54) is 5.56 Å². The standard InChI is InChI=1S/C13H14N2O.C6H10O/c1-2-11-5-4-10(9-16)8-12(11)13-14-6-3-7-15-13;1-3-5-7-6-4-2/h3-8,16H,2,9H2,1H3;3-4H,1-2,5-6H2. The number of aryl methyl sites for hydroxylation is 1. The molecule has 0 atom stereocenters. The maximum atomic E-state index is 9.13. The Morgan fingerprint density at radius 2 is 1.78 bits per heavy atom. The normalized spacial score (nSPS) is 9.65. The molecule has 2 aromatic rings. The zero-order chi connectivity index (χ0) is 16.9. The molecule has 1 heterocycles. The zero-order valence-electron chi connectivity index (χ0n) is 13.6. The lowest BCUT2D eigenvalue weighted by molar-refractivity contribution is 0.194.